The Kier molecular flexibility index (Phi) is 9.59. The Hall–Kier alpha value is 0.454. The molecule has 8 nitrogen and oxygen atoms in total. The molecule has 0 bridgehead atoms. The fraction of sp³-hybridized carbons (Fsp3) is 0. The third kappa shape index (κ3) is 3620. The van der Waals surface area contributed by atoms with Crippen LogP contribution < -0.4 is 0 Å². The van der Waals surface area contributed by atoms with Gasteiger partial charge in [-0.3, -0.25) is 16.8 Å². The maximum atomic E-state index is 8.52. The molecule has 0 aliphatic heterocycles. The molecule has 0 fully saturated rings. The summed E-state index contributed by atoms with van der Waals surface area (Å²) >= 11 is 0. The Labute approximate surface area is 77.7 Å². The second kappa shape index (κ2) is 6.02. The van der Waals surface area contributed by atoms with Crippen molar-refractivity contribution < 1.29 is 56.8 Å². The van der Waals surface area contributed by atoms with E-state index in [1.54, 1.807) is 0 Å². The Bertz CT molecular complexity index is 208. The summed E-state index contributed by atoms with van der Waals surface area (Å²) in [6.45, 7) is 0. The molecule has 11 heteroatoms. The number of rotatable bonds is 0. The van der Waals surface area contributed by atoms with E-state index in [9.17, 15) is 0 Å². The van der Waals surface area contributed by atoms with Gasteiger partial charge in [-0.2, -0.15) is 0 Å². The normalized spacial score (nSPS) is 10.5. The Morgan fingerprint density at radius 2 is 0.636 bits per heavy atom. The minimum atomic E-state index is -5.17. The van der Waals surface area contributed by atoms with Crippen LogP contribution in [0.25, 0.3) is 0 Å². The number of hydrogen-bond donors (Lipinski definition) is 0. The van der Waals surface area contributed by atoms with Crippen molar-refractivity contribution >= 4 is 20.8 Å². The largest absolute Gasteiger partial charge is 0.759 e. The van der Waals surface area contributed by atoms with E-state index in [0.717, 1.165) is 0 Å². The van der Waals surface area contributed by atoms with Crippen molar-refractivity contribution in [1.29, 1.82) is 0 Å². The summed E-state index contributed by atoms with van der Waals surface area (Å²) in [4.78, 5) is 0. The zero-order chi connectivity index (χ0) is 9.00. The second-order valence-electron chi connectivity index (χ2n) is 0.816. The molecule has 68 valence electrons. The predicted molar refractivity (Wildman–Crippen MR) is 20.9 cm³/mol. The standard InChI is InChI=1S/2H2O4S.Ti/c2*1-5(2,3)4;/h2*(H2,1,2,3,4);/p-4. The monoisotopic (exact) mass is 240 g/mol. The van der Waals surface area contributed by atoms with Gasteiger partial charge in [0.2, 0.25) is 0 Å². The summed E-state index contributed by atoms with van der Waals surface area (Å²) in [6, 6.07) is 0. The molecular formula is O8S2Ti-4. The van der Waals surface area contributed by atoms with E-state index in [-0.39, 0.29) is 21.7 Å². The first-order valence-electron chi connectivity index (χ1n) is 1.33. The van der Waals surface area contributed by atoms with Crippen LogP contribution >= 0.6 is 0 Å². The van der Waals surface area contributed by atoms with E-state index in [1.807, 2.05) is 0 Å². The van der Waals surface area contributed by atoms with Gasteiger partial charge in [-0.05, 0) is 0 Å². The summed E-state index contributed by atoms with van der Waals surface area (Å²) in [5.74, 6) is 0. The van der Waals surface area contributed by atoms with Crippen LogP contribution in [-0.2, 0) is 42.5 Å². The minimum Gasteiger partial charge on any atom is -0.759 e. The van der Waals surface area contributed by atoms with Gasteiger partial charge in [-0.25, -0.2) is 0 Å². The van der Waals surface area contributed by atoms with E-state index in [4.69, 9.17) is 35.0 Å². The van der Waals surface area contributed by atoms with Crippen molar-refractivity contribution in [3.05, 3.63) is 0 Å². The molecule has 0 spiro atoms. The maximum absolute atomic E-state index is 8.52. The van der Waals surface area contributed by atoms with Gasteiger partial charge in [0.1, 0.15) is 0 Å². The molecule has 0 aliphatic carbocycles. The van der Waals surface area contributed by atoms with Gasteiger partial charge >= 0.3 is 0 Å². The summed E-state index contributed by atoms with van der Waals surface area (Å²) in [5, 5.41) is 0. The molecule has 0 aromatic rings. The predicted octanol–water partition coefficient (Wildman–Crippen LogP) is -2.68. The zero-order valence-corrected chi connectivity index (χ0v) is 7.78. The quantitative estimate of drug-likeness (QED) is 0.251. The minimum absolute atomic E-state index is 0. The van der Waals surface area contributed by atoms with Crippen molar-refractivity contribution in [2.75, 3.05) is 0 Å². The van der Waals surface area contributed by atoms with E-state index < -0.39 is 20.8 Å². The van der Waals surface area contributed by atoms with Gasteiger partial charge < -0.3 is 18.2 Å². The van der Waals surface area contributed by atoms with Crippen molar-refractivity contribution in [3.63, 3.8) is 0 Å². The van der Waals surface area contributed by atoms with Crippen molar-refractivity contribution in [2.45, 2.75) is 0 Å². The first-order chi connectivity index (χ1) is 4.00. The molecule has 0 saturated carbocycles. The SMILES string of the molecule is O=S(=O)([O-])[O-].O=S(=O)([O-])[O-].[Ti]. The fourth-order valence-electron chi connectivity index (χ4n) is 0. The Morgan fingerprint density at radius 1 is 0.636 bits per heavy atom. The van der Waals surface area contributed by atoms with Crippen LogP contribution in [-0.4, -0.2) is 35.0 Å². The molecule has 0 heterocycles. The fourth-order valence-corrected chi connectivity index (χ4v) is 0. The van der Waals surface area contributed by atoms with E-state index >= 15 is 0 Å². The van der Waals surface area contributed by atoms with E-state index in [1.165, 1.54) is 0 Å². The second-order valence-corrected chi connectivity index (χ2v) is 2.45. The van der Waals surface area contributed by atoms with E-state index in [2.05, 4.69) is 0 Å². The summed E-state index contributed by atoms with van der Waals surface area (Å²) in [5.41, 5.74) is 0. The maximum Gasteiger partial charge on any atom is 0.0311 e. The molecule has 0 aromatic heterocycles. The van der Waals surface area contributed by atoms with Crippen molar-refractivity contribution in [1.82, 2.24) is 0 Å². The van der Waals surface area contributed by atoms with Gasteiger partial charge in [0, 0.05) is 42.5 Å². The summed E-state index contributed by atoms with van der Waals surface area (Å²) in [7, 11) is -10.3. The van der Waals surface area contributed by atoms with Gasteiger partial charge in [-0.1, -0.05) is 0 Å². The molecule has 0 unspecified atom stereocenters. The third-order valence-corrected chi connectivity index (χ3v) is 0. The van der Waals surface area contributed by atoms with Crippen LogP contribution in [0.5, 0.6) is 0 Å². The Balaban J connectivity index is -0.000000107. The van der Waals surface area contributed by atoms with Gasteiger partial charge in [0.15, 0.2) is 0 Å². The topological polar surface area (TPSA) is 161 Å². The number of hydrogen-bond acceptors (Lipinski definition) is 8. The average molecular weight is 240 g/mol. The van der Waals surface area contributed by atoms with Crippen LogP contribution in [0.15, 0.2) is 0 Å². The molecule has 0 rings (SSSR count). The molecule has 0 N–H and O–H groups in total. The molecular weight excluding hydrogens is 240 g/mol. The van der Waals surface area contributed by atoms with Gasteiger partial charge in [-0.15, -0.1) is 0 Å². The average Bonchev–Trinajstić information content (AvgIpc) is 1.12. The van der Waals surface area contributed by atoms with Crippen molar-refractivity contribution in [3.8, 4) is 0 Å². The first-order valence-corrected chi connectivity index (χ1v) is 4.00. The van der Waals surface area contributed by atoms with Crippen molar-refractivity contribution in [2.24, 2.45) is 0 Å². The molecule has 0 atom stereocenters. The van der Waals surface area contributed by atoms with Crippen LogP contribution in [0.1, 0.15) is 0 Å². The molecule has 0 saturated heterocycles. The van der Waals surface area contributed by atoms with Crippen LogP contribution in [0.4, 0.5) is 0 Å². The van der Waals surface area contributed by atoms with Crippen LogP contribution in [0.2, 0.25) is 0 Å². The smallest absolute Gasteiger partial charge is 0.0311 e. The molecule has 0 aromatic carbocycles. The Morgan fingerprint density at radius 3 is 0.636 bits per heavy atom. The zero-order valence-electron chi connectivity index (χ0n) is 4.58. The summed E-state index contributed by atoms with van der Waals surface area (Å²) in [6.07, 6.45) is 0. The molecule has 11 heavy (non-hydrogen) atoms. The third-order valence-electron chi connectivity index (χ3n) is 0. The van der Waals surface area contributed by atoms with Gasteiger partial charge in [0.05, 0.1) is 0 Å². The molecule has 0 aliphatic rings. The molecule has 0 radical (unpaired) electrons. The molecule has 0 amide bonds. The van der Waals surface area contributed by atoms with E-state index in [0.29, 0.717) is 0 Å². The van der Waals surface area contributed by atoms with Crippen LogP contribution in [0.3, 0.4) is 0 Å². The van der Waals surface area contributed by atoms with Crippen LogP contribution in [0, 0.1) is 0 Å². The van der Waals surface area contributed by atoms with Gasteiger partial charge in [0.25, 0.3) is 0 Å². The first kappa shape index (κ1) is 17.5. The summed E-state index contributed by atoms with van der Waals surface area (Å²) < 4.78 is 68.2.